The number of nitrogens with one attached hydrogen (secondary N) is 2. The first-order valence-electron chi connectivity index (χ1n) is 8.96. The lowest BCUT2D eigenvalue weighted by molar-refractivity contribution is -0.126. The molecule has 1 saturated heterocycles. The molecule has 146 valence electrons. The number of methoxy groups -OCH3 is 1. The average Bonchev–Trinajstić information content (AvgIpc) is 3.05. The van der Waals surface area contributed by atoms with Crippen LogP contribution in [0.3, 0.4) is 0 Å². The van der Waals surface area contributed by atoms with Crippen LogP contribution in [0.5, 0.6) is 0 Å². The van der Waals surface area contributed by atoms with Crippen molar-refractivity contribution in [1.82, 2.24) is 10.6 Å². The Hall–Kier alpha value is -2.15. The third-order valence-corrected chi connectivity index (χ3v) is 4.64. The molecule has 0 spiro atoms. The molecule has 1 aliphatic rings. The van der Waals surface area contributed by atoms with Gasteiger partial charge < -0.3 is 20.3 Å². The minimum absolute atomic E-state index is 0. The monoisotopic (exact) mass is 391 g/mol. The lowest BCUT2D eigenvalue weighted by Gasteiger charge is -2.19. The molecule has 0 aromatic heterocycles. The van der Waals surface area contributed by atoms with E-state index in [-0.39, 0.29) is 36.6 Å². The maximum atomic E-state index is 12.5. The molecular weight excluding hydrogens is 366 g/mol. The van der Waals surface area contributed by atoms with Crippen molar-refractivity contribution in [3.63, 3.8) is 0 Å². The Labute approximate surface area is 165 Å². The van der Waals surface area contributed by atoms with Gasteiger partial charge in [-0.3, -0.25) is 9.59 Å². The molecule has 0 aliphatic carbocycles. The smallest absolute Gasteiger partial charge is 0.227 e. The van der Waals surface area contributed by atoms with E-state index >= 15 is 0 Å². The molecule has 1 aliphatic heterocycles. The number of carbonyl (C=O) groups excluding carboxylic acids is 2. The Balaban J connectivity index is 0.00000261. The topological polar surface area (TPSA) is 70.7 Å². The van der Waals surface area contributed by atoms with E-state index in [0.29, 0.717) is 26.2 Å². The van der Waals surface area contributed by atoms with Gasteiger partial charge in [-0.05, 0) is 11.5 Å². The second-order valence-electron chi connectivity index (χ2n) is 6.44. The Morgan fingerprint density at radius 3 is 2.74 bits per heavy atom. The number of rotatable bonds is 8. The Kier molecular flexibility index (Phi) is 8.03. The van der Waals surface area contributed by atoms with Gasteiger partial charge in [-0.25, -0.2) is 0 Å². The van der Waals surface area contributed by atoms with E-state index in [1.807, 2.05) is 42.5 Å². The first-order chi connectivity index (χ1) is 12.7. The van der Waals surface area contributed by atoms with Gasteiger partial charge in [0.25, 0.3) is 0 Å². The molecule has 1 atom stereocenters. The molecule has 6 nitrogen and oxygen atoms in total. The van der Waals surface area contributed by atoms with Gasteiger partial charge >= 0.3 is 0 Å². The number of benzene rings is 2. The molecule has 3 rings (SSSR count). The van der Waals surface area contributed by atoms with Gasteiger partial charge in [-0.15, -0.1) is 12.4 Å². The third kappa shape index (κ3) is 5.19. The number of fused-ring (bicyclic) bond motifs is 1. The first-order valence-corrected chi connectivity index (χ1v) is 8.96. The van der Waals surface area contributed by atoms with Crippen molar-refractivity contribution in [2.75, 3.05) is 44.8 Å². The zero-order valence-electron chi connectivity index (χ0n) is 15.4. The molecule has 27 heavy (non-hydrogen) atoms. The summed E-state index contributed by atoms with van der Waals surface area (Å²) in [6, 6.07) is 13.9. The Morgan fingerprint density at radius 2 is 1.93 bits per heavy atom. The van der Waals surface area contributed by atoms with Crippen LogP contribution < -0.4 is 15.5 Å². The molecule has 0 saturated carbocycles. The number of hydrogen-bond donors (Lipinski definition) is 2. The maximum absolute atomic E-state index is 12.5. The summed E-state index contributed by atoms with van der Waals surface area (Å²) in [6.07, 6.45) is 0.256. The fourth-order valence-electron chi connectivity index (χ4n) is 3.28. The van der Waals surface area contributed by atoms with E-state index in [4.69, 9.17) is 4.74 Å². The summed E-state index contributed by atoms with van der Waals surface area (Å²) in [5.74, 6) is -0.366. The minimum Gasteiger partial charge on any atom is -0.383 e. The van der Waals surface area contributed by atoms with Crippen molar-refractivity contribution in [1.29, 1.82) is 0 Å². The lowest BCUT2D eigenvalue weighted by atomic mass is 10.1. The van der Waals surface area contributed by atoms with E-state index in [9.17, 15) is 9.59 Å². The number of carbonyl (C=O) groups is 2. The number of halogens is 1. The van der Waals surface area contributed by atoms with Crippen LogP contribution in [0.4, 0.5) is 5.69 Å². The summed E-state index contributed by atoms with van der Waals surface area (Å²) in [5.41, 5.74) is 0.879. The SMILES string of the molecule is COCCNCCNC(=O)C1CC(=O)N(c2cccc3ccccc23)C1.Cl. The summed E-state index contributed by atoms with van der Waals surface area (Å²) in [5, 5.41) is 8.21. The quantitative estimate of drug-likeness (QED) is 0.675. The van der Waals surface area contributed by atoms with Crippen molar-refractivity contribution < 1.29 is 14.3 Å². The molecule has 7 heteroatoms. The highest BCUT2D eigenvalue weighted by atomic mass is 35.5. The highest BCUT2D eigenvalue weighted by Crippen LogP contribution is 2.31. The van der Waals surface area contributed by atoms with Crippen molar-refractivity contribution in [2.45, 2.75) is 6.42 Å². The summed E-state index contributed by atoms with van der Waals surface area (Å²) < 4.78 is 4.95. The largest absolute Gasteiger partial charge is 0.383 e. The zero-order valence-corrected chi connectivity index (χ0v) is 16.3. The standard InChI is InChI=1S/C20H25N3O3.ClH/c1-26-12-11-21-9-10-22-20(25)16-13-19(24)23(14-16)18-8-4-6-15-5-2-3-7-17(15)18;/h2-8,16,21H,9-14H2,1H3,(H,22,25);1H. The number of hydrogen-bond acceptors (Lipinski definition) is 4. The van der Waals surface area contributed by atoms with Crippen LogP contribution >= 0.6 is 12.4 Å². The Bertz CT molecular complexity index is 779. The van der Waals surface area contributed by atoms with E-state index in [1.165, 1.54) is 0 Å². The molecular formula is C20H26ClN3O3. The van der Waals surface area contributed by atoms with Crippen molar-refractivity contribution >= 4 is 40.7 Å². The van der Waals surface area contributed by atoms with Crippen LogP contribution in [-0.4, -0.2) is 51.7 Å². The average molecular weight is 392 g/mol. The van der Waals surface area contributed by atoms with E-state index < -0.39 is 0 Å². The predicted octanol–water partition coefficient (Wildman–Crippen LogP) is 1.97. The van der Waals surface area contributed by atoms with Crippen LogP contribution in [0, 0.1) is 5.92 Å². The predicted molar refractivity (Wildman–Crippen MR) is 109 cm³/mol. The van der Waals surface area contributed by atoms with Crippen molar-refractivity contribution in [3.8, 4) is 0 Å². The zero-order chi connectivity index (χ0) is 18.4. The first kappa shape index (κ1) is 21.2. The highest BCUT2D eigenvalue weighted by Gasteiger charge is 2.35. The molecule has 2 N–H and O–H groups in total. The van der Waals surface area contributed by atoms with Gasteiger partial charge in [0, 0.05) is 45.1 Å². The molecule has 2 aromatic carbocycles. The van der Waals surface area contributed by atoms with Crippen molar-refractivity contribution in [3.05, 3.63) is 42.5 Å². The van der Waals surface area contributed by atoms with Gasteiger partial charge in [0.1, 0.15) is 0 Å². The molecule has 1 unspecified atom stereocenters. The van der Waals surface area contributed by atoms with Crippen LogP contribution in [0.1, 0.15) is 6.42 Å². The Morgan fingerprint density at radius 1 is 1.15 bits per heavy atom. The lowest BCUT2D eigenvalue weighted by Crippen LogP contribution is -2.37. The maximum Gasteiger partial charge on any atom is 0.227 e. The van der Waals surface area contributed by atoms with Gasteiger partial charge in [0.05, 0.1) is 18.2 Å². The summed E-state index contributed by atoms with van der Waals surface area (Å²) in [6.45, 7) is 3.05. The van der Waals surface area contributed by atoms with Crippen LogP contribution in [0.2, 0.25) is 0 Å². The van der Waals surface area contributed by atoms with Crippen LogP contribution in [0.25, 0.3) is 10.8 Å². The van der Waals surface area contributed by atoms with Crippen LogP contribution in [-0.2, 0) is 14.3 Å². The second kappa shape index (κ2) is 10.3. The molecule has 2 amide bonds. The van der Waals surface area contributed by atoms with Gasteiger partial charge in [0.15, 0.2) is 0 Å². The molecule has 1 heterocycles. The van der Waals surface area contributed by atoms with Crippen LogP contribution in [0.15, 0.2) is 42.5 Å². The molecule has 0 radical (unpaired) electrons. The highest BCUT2D eigenvalue weighted by molar-refractivity contribution is 6.06. The summed E-state index contributed by atoms with van der Waals surface area (Å²) in [4.78, 5) is 26.6. The third-order valence-electron chi connectivity index (χ3n) is 4.64. The molecule has 2 aromatic rings. The van der Waals surface area contributed by atoms with E-state index in [0.717, 1.165) is 23.0 Å². The summed E-state index contributed by atoms with van der Waals surface area (Å²) >= 11 is 0. The van der Waals surface area contributed by atoms with Gasteiger partial charge in [-0.1, -0.05) is 36.4 Å². The van der Waals surface area contributed by atoms with Gasteiger partial charge in [0.2, 0.25) is 11.8 Å². The fourth-order valence-corrected chi connectivity index (χ4v) is 3.28. The molecule has 0 bridgehead atoms. The summed E-state index contributed by atoms with van der Waals surface area (Å²) in [7, 11) is 1.66. The van der Waals surface area contributed by atoms with Crippen molar-refractivity contribution in [2.24, 2.45) is 5.92 Å². The molecule has 1 fully saturated rings. The fraction of sp³-hybridized carbons (Fsp3) is 0.400. The minimum atomic E-state index is -0.305. The number of amides is 2. The van der Waals surface area contributed by atoms with E-state index in [2.05, 4.69) is 10.6 Å². The number of ether oxygens (including phenoxy) is 1. The van der Waals surface area contributed by atoms with Gasteiger partial charge in [-0.2, -0.15) is 0 Å². The number of nitrogens with zero attached hydrogens (tertiary/aromatic N) is 1. The van der Waals surface area contributed by atoms with E-state index in [1.54, 1.807) is 12.0 Å². The normalized spacial score (nSPS) is 16.4. The number of anilines is 1. The second-order valence-corrected chi connectivity index (χ2v) is 6.44.